The van der Waals surface area contributed by atoms with E-state index in [-0.39, 0.29) is 17.6 Å². The lowest BCUT2D eigenvalue weighted by Gasteiger charge is -2.10. The van der Waals surface area contributed by atoms with Crippen LogP contribution in [0.15, 0.2) is 42.5 Å². The van der Waals surface area contributed by atoms with Gasteiger partial charge in [-0.1, -0.05) is 18.2 Å². The zero-order chi connectivity index (χ0) is 13.8. The second-order valence-corrected chi connectivity index (χ2v) is 5.64. The van der Waals surface area contributed by atoms with Crippen LogP contribution in [-0.2, 0) is 6.42 Å². The van der Waals surface area contributed by atoms with Gasteiger partial charge in [-0.15, -0.1) is 0 Å². The summed E-state index contributed by atoms with van der Waals surface area (Å²) in [5, 5.41) is 0. The molecule has 0 radical (unpaired) electrons. The van der Waals surface area contributed by atoms with Crippen molar-refractivity contribution in [2.24, 2.45) is 5.73 Å². The molecule has 0 saturated heterocycles. The summed E-state index contributed by atoms with van der Waals surface area (Å²) in [6.07, 6.45) is 0.653. The molecule has 2 aromatic rings. The highest BCUT2D eigenvalue weighted by molar-refractivity contribution is 14.1. The Morgan fingerprint density at radius 3 is 2.58 bits per heavy atom. The molecule has 1 atom stereocenters. The van der Waals surface area contributed by atoms with Gasteiger partial charge in [0.25, 0.3) is 0 Å². The average molecular weight is 371 g/mol. The molecule has 1 unspecified atom stereocenters. The van der Waals surface area contributed by atoms with Gasteiger partial charge in [-0.3, -0.25) is 0 Å². The number of hydrogen-bond donors (Lipinski definition) is 1. The molecule has 0 aromatic heterocycles. The highest BCUT2D eigenvalue weighted by Crippen LogP contribution is 2.28. The van der Waals surface area contributed by atoms with Crippen LogP contribution in [0.25, 0.3) is 0 Å². The van der Waals surface area contributed by atoms with Crippen LogP contribution >= 0.6 is 22.6 Å². The number of halogens is 2. The fraction of sp³-hybridized carbons (Fsp3) is 0.200. The summed E-state index contributed by atoms with van der Waals surface area (Å²) < 4.78 is 20.5. The molecule has 0 bridgehead atoms. The number of nitrogens with two attached hydrogens (primary N) is 1. The molecular formula is C15H15FINO. The molecule has 0 spiro atoms. The lowest BCUT2D eigenvalue weighted by Crippen LogP contribution is -2.17. The summed E-state index contributed by atoms with van der Waals surface area (Å²) in [4.78, 5) is 0. The first-order valence-electron chi connectivity index (χ1n) is 6.02. The van der Waals surface area contributed by atoms with Gasteiger partial charge in [-0.25, -0.2) is 4.39 Å². The predicted molar refractivity (Wildman–Crippen MR) is 83.0 cm³/mol. The van der Waals surface area contributed by atoms with Gasteiger partial charge in [0.15, 0.2) is 11.6 Å². The van der Waals surface area contributed by atoms with Crippen molar-refractivity contribution >= 4 is 22.6 Å². The van der Waals surface area contributed by atoms with E-state index in [4.69, 9.17) is 10.5 Å². The minimum atomic E-state index is -0.363. The predicted octanol–water partition coefficient (Wildman–Crippen LogP) is 4.11. The molecule has 0 aliphatic carbocycles. The van der Waals surface area contributed by atoms with E-state index < -0.39 is 0 Å². The monoisotopic (exact) mass is 371 g/mol. The van der Waals surface area contributed by atoms with Crippen LogP contribution in [0.4, 0.5) is 4.39 Å². The normalized spacial score (nSPS) is 12.2. The molecule has 100 valence electrons. The summed E-state index contributed by atoms with van der Waals surface area (Å²) in [7, 11) is 0. The van der Waals surface area contributed by atoms with E-state index >= 15 is 0 Å². The molecule has 0 saturated carbocycles. The number of hydrogen-bond acceptors (Lipinski definition) is 2. The Labute approximate surface area is 125 Å². The Morgan fingerprint density at radius 2 is 1.95 bits per heavy atom. The van der Waals surface area contributed by atoms with Crippen LogP contribution in [0.3, 0.4) is 0 Å². The third-order valence-corrected chi connectivity index (χ3v) is 3.50. The van der Waals surface area contributed by atoms with Crippen molar-refractivity contribution in [1.82, 2.24) is 0 Å². The Bertz CT molecular complexity index is 572. The molecule has 0 aliphatic rings. The number of para-hydroxylation sites is 1. The molecule has 19 heavy (non-hydrogen) atoms. The van der Waals surface area contributed by atoms with Gasteiger partial charge in [0.1, 0.15) is 5.75 Å². The van der Waals surface area contributed by atoms with E-state index in [0.29, 0.717) is 12.2 Å². The summed E-state index contributed by atoms with van der Waals surface area (Å²) in [5.41, 5.74) is 6.58. The molecule has 2 aromatic carbocycles. The first kappa shape index (κ1) is 14.3. The first-order chi connectivity index (χ1) is 9.06. The number of rotatable bonds is 4. The van der Waals surface area contributed by atoms with Gasteiger partial charge >= 0.3 is 0 Å². The van der Waals surface area contributed by atoms with Gasteiger partial charge in [-0.05, 0) is 65.8 Å². The first-order valence-corrected chi connectivity index (χ1v) is 7.10. The third-order valence-electron chi connectivity index (χ3n) is 2.61. The average Bonchev–Trinajstić information content (AvgIpc) is 2.34. The molecule has 0 fully saturated rings. The fourth-order valence-electron chi connectivity index (χ4n) is 1.77. The highest BCUT2D eigenvalue weighted by Gasteiger charge is 2.08. The molecule has 0 heterocycles. The largest absolute Gasteiger partial charge is 0.453 e. The SMILES string of the molecule is CC(N)Cc1ccc(Oc2ccccc2I)c(F)c1. The van der Waals surface area contributed by atoms with Crippen LogP contribution < -0.4 is 10.5 Å². The second kappa shape index (κ2) is 6.34. The van der Waals surface area contributed by atoms with Crippen molar-refractivity contribution in [3.8, 4) is 11.5 Å². The standard InChI is InChI=1S/C15H15FINO/c1-10(18)8-11-6-7-14(12(16)9-11)19-15-5-3-2-4-13(15)17/h2-7,9-10H,8,18H2,1H3. The molecule has 4 heteroatoms. The van der Waals surface area contributed by atoms with Crippen LogP contribution in [0.1, 0.15) is 12.5 Å². The number of benzene rings is 2. The van der Waals surface area contributed by atoms with E-state index in [0.717, 1.165) is 9.13 Å². The molecule has 2 rings (SSSR count). The van der Waals surface area contributed by atoms with E-state index in [9.17, 15) is 4.39 Å². The van der Waals surface area contributed by atoms with Gasteiger partial charge < -0.3 is 10.5 Å². The number of ether oxygens (including phenoxy) is 1. The lowest BCUT2D eigenvalue weighted by molar-refractivity contribution is 0.439. The smallest absolute Gasteiger partial charge is 0.165 e. The van der Waals surface area contributed by atoms with Gasteiger partial charge in [0, 0.05) is 6.04 Å². The third kappa shape index (κ3) is 3.91. The van der Waals surface area contributed by atoms with Crippen LogP contribution in [0.5, 0.6) is 11.5 Å². The van der Waals surface area contributed by atoms with Gasteiger partial charge in [-0.2, -0.15) is 0 Å². The second-order valence-electron chi connectivity index (χ2n) is 4.48. The van der Waals surface area contributed by atoms with Crippen molar-refractivity contribution < 1.29 is 9.13 Å². The summed E-state index contributed by atoms with van der Waals surface area (Å²) >= 11 is 2.16. The maximum Gasteiger partial charge on any atom is 0.165 e. The van der Waals surface area contributed by atoms with E-state index in [1.165, 1.54) is 6.07 Å². The Balaban J connectivity index is 2.20. The van der Waals surface area contributed by atoms with Crippen LogP contribution in [-0.4, -0.2) is 6.04 Å². The summed E-state index contributed by atoms with van der Waals surface area (Å²) in [6.45, 7) is 1.90. The van der Waals surface area contributed by atoms with Crippen molar-refractivity contribution in [1.29, 1.82) is 0 Å². The fourth-order valence-corrected chi connectivity index (χ4v) is 2.27. The van der Waals surface area contributed by atoms with Crippen LogP contribution in [0.2, 0.25) is 0 Å². The van der Waals surface area contributed by atoms with Crippen molar-refractivity contribution in [2.45, 2.75) is 19.4 Å². The molecular weight excluding hydrogens is 356 g/mol. The Kier molecular flexibility index (Phi) is 4.76. The summed E-state index contributed by atoms with van der Waals surface area (Å²) in [5.74, 6) is 0.525. The molecule has 0 amide bonds. The maximum atomic E-state index is 13.9. The van der Waals surface area contributed by atoms with Gasteiger partial charge in [0.2, 0.25) is 0 Å². The molecule has 2 nitrogen and oxygen atoms in total. The van der Waals surface area contributed by atoms with E-state index in [2.05, 4.69) is 22.6 Å². The zero-order valence-corrected chi connectivity index (χ0v) is 12.7. The van der Waals surface area contributed by atoms with E-state index in [1.54, 1.807) is 6.07 Å². The quantitative estimate of drug-likeness (QED) is 0.821. The maximum absolute atomic E-state index is 13.9. The Hall–Kier alpha value is -1.14. The lowest BCUT2D eigenvalue weighted by atomic mass is 10.1. The van der Waals surface area contributed by atoms with Gasteiger partial charge in [0.05, 0.1) is 3.57 Å². The minimum Gasteiger partial charge on any atom is -0.453 e. The van der Waals surface area contributed by atoms with Crippen molar-refractivity contribution in [3.63, 3.8) is 0 Å². The van der Waals surface area contributed by atoms with Crippen LogP contribution in [0, 0.1) is 9.39 Å². The molecule has 0 aliphatic heterocycles. The minimum absolute atomic E-state index is 0.0150. The summed E-state index contributed by atoms with van der Waals surface area (Å²) in [6, 6.07) is 12.5. The zero-order valence-electron chi connectivity index (χ0n) is 10.6. The van der Waals surface area contributed by atoms with E-state index in [1.807, 2.05) is 37.3 Å². The molecule has 2 N–H and O–H groups in total. The Morgan fingerprint density at radius 1 is 1.21 bits per heavy atom. The highest BCUT2D eigenvalue weighted by atomic mass is 127. The van der Waals surface area contributed by atoms with Crippen molar-refractivity contribution in [3.05, 3.63) is 57.4 Å². The van der Waals surface area contributed by atoms with Crippen molar-refractivity contribution in [2.75, 3.05) is 0 Å². The topological polar surface area (TPSA) is 35.2 Å².